The van der Waals surface area contributed by atoms with Crippen molar-refractivity contribution in [1.82, 2.24) is 24.7 Å². The molecule has 15 heteroatoms. The van der Waals surface area contributed by atoms with Crippen molar-refractivity contribution in [3.63, 3.8) is 0 Å². The van der Waals surface area contributed by atoms with Crippen LogP contribution in [0.4, 0.5) is 36.4 Å². The number of ether oxygens (including phenoxy) is 3. The third kappa shape index (κ3) is 7.27. The van der Waals surface area contributed by atoms with Crippen molar-refractivity contribution in [2.75, 3.05) is 32.0 Å². The Labute approximate surface area is 226 Å². The molecule has 1 aromatic carbocycles. The van der Waals surface area contributed by atoms with E-state index < -0.39 is 12.1 Å². The zero-order valence-corrected chi connectivity index (χ0v) is 22.1. The van der Waals surface area contributed by atoms with Gasteiger partial charge in [0.25, 0.3) is 0 Å². The SMILES string of the molecule is COc1ccc(-n2nc(C)c(C)c2Nc2ccnc(Nc3ccc(OC)c(OC)c3)n2)cn1.O=C(O)C(F)(F)F. The second-order valence-electron chi connectivity index (χ2n) is 7.92. The van der Waals surface area contributed by atoms with Crippen molar-refractivity contribution < 1.29 is 37.3 Å². The van der Waals surface area contributed by atoms with Crippen LogP contribution >= 0.6 is 0 Å². The molecule has 4 rings (SSSR count). The number of anilines is 4. The summed E-state index contributed by atoms with van der Waals surface area (Å²) < 4.78 is 49.3. The van der Waals surface area contributed by atoms with E-state index in [-0.39, 0.29) is 0 Å². The summed E-state index contributed by atoms with van der Waals surface area (Å²) in [7, 11) is 4.77. The van der Waals surface area contributed by atoms with Gasteiger partial charge in [-0.15, -0.1) is 0 Å². The van der Waals surface area contributed by atoms with E-state index in [1.54, 1.807) is 50.5 Å². The fourth-order valence-electron chi connectivity index (χ4n) is 3.21. The van der Waals surface area contributed by atoms with Crippen LogP contribution in [-0.4, -0.2) is 63.3 Å². The van der Waals surface area contributed by atoms with Crippen molar-refractivity contribution in [2.24, 2.45) is 0 Å². The zero-order chi connectivity index (χ0) is 29.4. The number of methoxy groups -OCH3 is 3. The number of carboxylic acid groups (broad SMARTS) is 1. The van der Waals surface area contributed by atoms with Crippen LogP contribution in [0.5, 0.6) is 17.4 Å². The zero-order valence-electron chi connectivity index (χ0n) is 22.1. The maximum Gasteiger partial charge on any atom is 0.490 e. The smallest absolute Gasteiger partial charge is 0.490 e. The van der Waals surface area contributed by atoms with Crippen LogP contribution < -0.4 is 24.8 Å². The molecule has 0 saturated heterocycles. The lowest BCUT2D eigenvalue weighted by Gasteiger charge is -2.13. The molecule has 212 valence electrons. The van der Waals surface area contributed by atoms with Crippen LogP contribution in [0.15, 0.2) is 48.8 Å². The molecule has 0 radical (unpaired) electrons. The number of rotatable bonds is 8. The maximum absolute atomic E-state index is 10.6. The van der Waals surface area contributed by atoms with Crippen LogP contribution in [0.25, 0.3) is 5.69 Å². The van der Waals surface area contributed by atoms with Gasteiger partial charge in [-0.05, 0) is 38.1 Å². The normalized spacial score (nSPS) is 10.7. The quantitative estimate of drug-likeness (QED) is 0.272. The lowest BCUT2D eigenvalue weighted by molar-refractivity contribution is -0.192. The topological polar surface area (TPSA) is 146 Å². The summed E-state index contributed by atoms with van der Waals surface area (Å²) in [4.78, 5) is 22.1. The highest BCUT2D eigenvalue weighted by molar-refractivity contribution is 5.73. The van der Waals surface area contributed by atoms with Crippen LogP contribution in [0.1, 0.15) is 11.3 Å². The van der Waals surface area contributed by atoms with Gasteiger partial charge in [0.2, 0.25) is 11.8 Å². The minimum Gasteiger partial charge on any atom is -0.493 e. The Morgan fingerprint density at radius 1 is 0.950 bits per heavy atom. The predicted molar refractivity (Wildman–Crippen MR) is 139 cm³/mol. The Morgan fingerprint density at radius 2 is 1.65 bits per heavy atom. The highest BCUT2D eigenvalue weighted by atomic mass is 19.4. The summed E-state index contributed by atoms with van der Waals surface area (Å²) in [6, 6.07) is 11.0. The summed E-state index contributed by atoms with van der Waals surface area (Å²) in [5.41, 5.74) is 3.46. The summed E-state index contributed by atoms with van der Waals surface area (Å²) in [6.07, 6.45) is -1.70. The van der Waals surface area contributed by atoms with Gasteiger partial charge in [-0.1, -0.05) is 0 Å². The number of pyridine rings is 1. The third-order valence-corrected chi connectivity index (χ3v) is 5.32. The van der Waals surface area contributed by atoms with Gasteiger partial charge in [0, 0.05) is 29.6 Å². The summed E-state index contributed by atoms with van der Waals surface area (Å²) >= 11 is 0. The lowest BCUT2D eigenvalue weighted by atomic mass is 10.2. The van der Waals surface area contributed by atoms with Crippen LogP contribution in [0.3, 0.4) is 0 Å². The van der Waals surface area contributed by atoms with Crippen molar-refractivity contribution in [3.05, 3.63) is 60.0 Å². The molecule has 0 saturated carbocycles. The molecule has 3 aromatic heterocycles. The largest absolute Gasteiger partial charge is 0.493 e. The van der Waals surface area contributed by atoms with Crippen molar-refractivity contribution >= 4 is 29.2 Å². The standard InChI is InChI=1S/C23H25N7O3.C2HF3O2/c1-14-15(2)29-30(17-7-9-21(33-5)25-13-17)22(14)27-20-10-11-24-23(28-20)26-16-6-8-18(31-3)19(12-16)32-4;3-2(4,5)1(6)7/h6-13H,1-5H3,(H2,24,26,27,28);(H,6,7). The molecule has 40 heavy (non-hydrogen) atoms. The van der Waals surface area contributed by atoms with E-state index in [0.717, 1.165) is 28.5 Å². The number of benzene rings is 1. The van der Waals surface area contributed by atoms with E-state index in [0.29, 0.717) is 29.1 Å². The predicted octanol–water partition coefficient (Wildman–Crippen LogP) is 4.82. The van der Waals surface area contributed by atoms with Gasteiger partial charge in [0.05, 0.1) is 38.9 Å². The van der Waals surface area contributed by atoms with Gasteiger partial charge >= 0.3 is 12.1 Å². The maximum atomic E-state index is 10.6. The molecule has 0 fully saturated rings. The number of hydrogen-bond acceptors (Lipinski definition) is 10. The first-order chi connectivity index (χ1) is 19.0. The molecular weight excluding hydrogens is 535 g/mol. The number of aliphatic carboxylic acids is 1. The number of hydrogen-bond donors (Lipinski definition) is 3. The minimum atomic E-state index is -5.08. The van der Waals surface area contributed by atoms with Crippen molar-refractivity contribution in [1.29, 1.82) is 0 Å². The number of nitrogens with zero attached hydrogens (tertiary/aromatic N) is 5. The van der Waals surface area contributed by atoms with Crippen molar-refractivity contribution in [3.8, 4) is 23.1 Å². The van der Waals surface area contributed by atoms with Gasteiger partial charge in [-0.3, -0.25) is 0 Å². The average molecular weight is 562 g/mol. The van der Waals surface area contributed by atoms with E-state index in [1.807, 2.05) is 38.1 Å². The molecule has 0 unspecified atom stereocenters. The number of halogens is 3. The van der Waals surface area contributed by atoms with Gasteiger partial charge in [0.1, 0.15) is 11.6 Å². The van der Waals surface area contributed by atoms with E-state index in [9.17, 15) is 13.2 Å². The Kier molecular flexibility index (Phi) is 9.32. The fraction of sp³-hybridized carbons (Fsp3) is 0.240. The second kappa shape index (κ2) is 12.6. The first kappa shape index (κ1) is 29.5. The van der Waals surface area contributed by atoms with E-state index in [4.69, 9.17) is 24.1 Å². The Balaban J connectivity index is 0.000000559. The highest BCUT2D eigenvalue weighted by Crippen LogP contribution is 2.31. The van der Waals surface area contributed by atoms with Gasteiger partial charge < -0.3 is 30.0 Å². The molecule has 0 bridgehead atoms. The Hall–Kier alpha value is -5.08. The number of alkyl halides is 3. The molecule has 0 aliphatic rings. The number of carboxylic acids is 1. The summed E-state index contributed by atoms with van der Waals surface area (Å²) in [5, 5.41) is 18.3. The lowest BCUT2D eigenvalue weighted by Crippen LogP contribution is -2.21. The Morgan fingerprint density at radius 3 is 2.23 bits per heavy atom. The molecule has 0 aliphatic carbocycles. The number of aromatic nitrogens is 5. The summed E-state index contributed by atoms with van der Waals surface area (Å²) in [6.45, 7) is 3.96. The molecule has 0 atom stereocenters. The van der Waals surface area contributed by atoms with Gasteiger partial charge in [-0.2, -0.15) is 23.3 Å². The minimum absolute atomic E-state index is 0.429. The van der Waals surface area contributed by atoms with Crippen molar-refractivity contribution in [2.45, 2.75) is 20.0 Å². The number of nitrogens with one attached hydrogen (secondary N) is 2. The fourth-order valence-corrected chi connectivity index (χ4v) is 3.21. The first-order valence-electron chi connectivity index (χ1n) is 11.4. The number of aryl methyl sites for hydroxylation is 1. The van der Waals surface area contributed by atoms with E-state index in [2.05, 4.69) is 30.7 Å². The molecule has 3 N–H and O–H groups in total. The van der Waals surface area contributed by atoms with Crippen LogP contribution in [0, 0.1) is 13.8 Å². The second-order valence-corrected chi connectivity index (χ2v) is 7.92. The van der Waals surface area contributed by atoms with Crippen LogP contribution in [-0.2, 0) is 4.79 Å². The van der Waals surface area contributed by atoms with Gasteiger partial charge in [-0.25, -0.2) is 19.4 Å². The molecule has 0 spiro atoms. The summed E-state index contributed by atoms with van der Waals surface area (Å²) in [5.74, 6) is 0.863. The highest BCUT2D eigenvalue weighted by Gasteiger charge is 2.38. The monoisotopic (exact) mass is 561 g/mol. The first-order valence-corrected chi connectivity index (χ1v) is 11.4. The van der Waals surface area contributed by atoms with E-state index >= 15 is 0 Å². The molecular formula is C25H26F3N7O5. The number of carbonyl (C=O) groups is 1. The average Bonchev–Trinajstić information content (AvgIpc) is 3.21. The molecule has 0 aliphatic heterocycles. The molecule has 3 heterocycles. The van der Waals surface area contributed by atoms with Crippen LogP contribution in [0.2, 0.25) is 0 Å². The Bertz CT molecular complexity index is 1460. The molecule has 0 amide bonds. The van der Waals surface area contributed by atoms with E-state index in [1.165, 1.54) is 0 Å². The molecule has 4 aromatic rings. The molecule has 12 nitrogen and oxygen atoms in total. The van der Waals surface area contributed by atoms with Gasteiger partial charge in [0.15, 0.2) is 11.5 Å². The third-order valence-electron chi connectivity index (χ3n) is 5.32.